The Hall–Kier alpha value is -0.740. The Morgan fingerprint density at radius 3 is 2.93 bits per heavy atom. The highest BCUT2D eigenvalue weighted by atomic mass is 79.9. The summed E-state index contributed by atoms with van der Waals surface area (Å²) in [6.45, 7) is 2.20. The number of ether oxygens (including phenoxy) is 2. The van der Waals surface area contributed by atoms with E-state index in [1.54, 1.807) is 0 Å². The van der Waals surface area contributed by atoms with E-state index in [1.807, 2.05) is 19.2 Å². The second-order valence-electron chi connectivity index (χ2n) is 3.40. The fraction of sp³-hybridized carbons (Fsp3) is 0.455. The SMILES string of the molecule is CNCCc1c(Br)ccc2c1OCCO2. The molecule has 1 aliphatic heterocycles. The maximum absolute atomic E-state index is 5.65. The van der Waals surface area contributed by atoms with Gasteiger partial charge in [-0.25, -0.2) is 0 Å². The van der Waals surface area contributed by atoms with Crippen LogP contribution in [0.25, 0.3) is 0 Å². The van der Waals surface area contributed by atoms with Crippen molar-refractivity contribution in [3.63, 3.8) is 0 Å². The number of hydrogen-bond donors (Lipinski definition) is 1. The molecule has 1 N–H and O–H groups in total. The standard InChI is InChI=1S/C11H14BrNO2/c1-13-5-4-8-9(12)2-3-10-11(8)15-7-6-14-10/h2-3,13H,4-7H2,1H3. The van der Waals surface area contributed by atoms with Gasteiger partial charge in [-0.15, -0.1) is 0 Å². The number of nitrogens with one attached hydrogen (secondary N) is 1. The molecule has 1 heterocycles. The maximum atomic E-state index is 5.65. The summed E-state index contributed by atoms with van der Waals surface area (Å²) in [6.07, 6.45) is 0.934. The molecular weight excluding hydrogens is 258 g/mol. The molecule has 0 atom stereocenters. The number of hydrogen-bond acceptors (Lipinski definition) is 3. The Kier molecular flexibility index (Phi) is 3.49. The van der Waals surface area contributed by atoms with E-state index in [4.69, 9.17) is 9.47 Å². The summed E-state index contributed by atoms with van der Waals surface area (Å²) in [5.41, 5.74) is 1.18. The normalized spacial score (nSPS) is 14.0. The van der Waals surface area contributed by atoms with Crippen LogP contribution >= 0.6 is 15.9 Å². The second kappa shape index (κ2) is 4.86. The summed E-state index contributed by atoms with van der Waals surface area (Å²) < 4.78 is 12.3. The minimum Gasteiger partial charge on any atom is -0.486 e. The molecule has 0 saturated carbocycles. The van der Waals surface area contributed by atoms with Crippen molar-refractivity contribution in [2.75, 3.05) is 26.8 Å². The predicted molar refractivity (Wildman–Crippen MR) is 62.8 cm³/mol. The van der Waals surface area contributed by atoms with Crippen LogP contribution in [0.4, 0.5) is 0 Å². The average molecular weight is 272 g/mol. The molecule has 1 aromatic rings. The minimum absolute atomic E-state index is 0.635. The van der Waals surface area contributed by atoms with Crippen LogP contribution < -0.4 is 14.8 Å². The quantitative estimate of drug-likeness (QED) is 0.912. The smallest absolute Gasteiger partial charge is 0.165 e. The van der Waals surface area contributed by atoms with Crippen molar-refractivity contribution in [2.24, 2.45) is 0 Å². The summed E-state index contributed by atoms with van der Waals surface area (Å²) >= 11 is 3.54. The predicted octanol–water partition coefficient (Wildman–Crippen LogP) is 1.98. The molecule has 0 fully saturated rings. The van der Waals surface area contributed by atoms with Crippen LogP contribution in [0.5, 0.6) is 11.5 Å². The van der Waals surface area contributed by atoms with Gasteiger partial charge in [-0.2, -0.15) is 0 Å². The third kappa shape index (κ3) is 2.26. The zero-order valence-electron chi connectivity index (χ0n) is 8.68. The van der Waals surface area contributed by atoms with E-state index in [2.05, 4.69) is 21.2 Å². The number of benzene rings is 1. The molecular formula is C11H14BrNO2. The molecule has 82 valence electrons. The molecule has 0 amide bonds. The molecule has 15 heavy (non-hydrogen) atoms. The van der Waals surface area contributed by atoms with Crippen LogP contribution in [0.15, 0.2) is 16.6 Å². The first kappa shape index (κ1) is 10.8. The molecule has 0 unspecified atom stereocenters. The summed E-state index contributed by atoms with van der Waals surface area (Å²) in [4.78, 5) is 0. The Bertz CT molecular complexity index is 355. The fourth-order valence-electron chi connectivity index (χ4n) is 1.63. The van der Waals surface area contributed by atoms with Crippen LogP contribution in [0, 0.1) is 0 Å². The third-order valence-corrected chi connectivity index (χ3v) is 3.12. The zero-order valence-corrected chi connectivity index (χ0v) is 10.3. The molecule has 0 spiro atoms. The van der Waals surface area contributed by atoms with Gasteiger partial charge in [0.05, 0.1) is 0 Å². The van der Waals surface area contributed by atoms with Crippen molar-refractivity contribution in [2.45, 2.75) is 6.42 Å². The lowest BCUT2D eigenvalue weighted by Crippen LogP contribution is -2.18. The third-order valence-electron chi connectivity index (χ3n) is 2.38. The molecule has 0 bridgehead atoms. The highest BCUT2D eigenvalue weighted by Gasteiger charge is 2.17. The number of halogens is 1. The van der Waals surface area contributed by atoms with Crippen LogP contribution in [-0.4, -0.2) is 26.8 Å². The van der Waals surface area contributed by atoms with E-state index in [1.165, 1.54) is 5.56 Å². The van der Waals surface area contributed by atoms with Crippen molar-refractivity contribution >= 4 is 15.9 Å². The van der Waals surface area contributed by atoms with Gasteiger partial charge in [0.1, 0.15) is 13.2 Å². The van der Waals surface area contributed by atoms with Gasteiger partial charge in [0.15, 0.2) is 11.5 Å². The van der Waals surface area contributed by atoms with Crippen molar-refractivity contribution in [3.05, 3.63) is 22.2 Å². The van der Waals surface area contributed by atoms with E-state index in [-0.39, 0.29) is 0 Å². The topological polar surface area (TPSA) is 30.5 Å². The number of likely N-dealkylation sites (N-methyl/N-ethyl adjacent to an activating group) is 1. The van der Waals surface area contributed by atoms with Gasteiger partial charge < -0.3 is 14.8 Å². The van der Waals surface area contributed by atoms with Crippen molar-refractivity contribution in [1.82, 2.24) is 5.32 Å². The van der Waals surface area contributed by atoms with Gasteiger partial charge in [0.2, 0.25) is 0 Å². The van der Waals surface area contributed by atoms with Crippen molar-refractivity contribution < 1.29 is 9.47 Å². The first-order valence-corrected chi connectivity index (χ1v) is 5.84. The van der Waals surface area contributed by atoms with Gasteiger partial charge in [0, 0.05) is 10.0 Å². The van der Waals surface area contributed by atoms with E-state index < -0.39 is 0 Å². The average Bonchev–Trinajstić information content (AvgIpc) is 2.28. The summed E-state index contributed by atoms with van der Waals surface area (Å²) in [6, 6.07) is 3.96. The summed E-state index contributed by atoms with van der Waals surface area (Å²) in [7, 11) is 1.95. The van der Waals surface area contributed by atoms with Gasteiger partial charge in [0.25, 0.3) is 0 Å². The molecule has 2 rings (SSSR count). The van der Waals surface area contributed by atoms with Gasteiger partial charge in [-0.3, -0.25) is 0 Å². The van der Waals surface area contributed by atoms with Crippen LogP contribution in [0.3, 0.4) is 0 Å². The van der Waals surface area contributed by atoms with Crippen LogP contribution in [-0.2, 0) is 6.42 Å². The maximum Gasteiger partial charge on any atom is 0.165 e. The van der Waals surface area contributed by atoms with E-state index in [0.29, 0.717) is 13.2 Å². The largest absolute Gasteiger partial charge is 0.486 e. The van der Waals surface area contributed by atoms with E-state index >= 15 is 0 Å². The Morgan fingerprint density at radius 1 is 1.33 bits per heavy atom. The molecule has 0 aromatic heterocycles. The second-order valence-corrected chi connectivity index (χ2v) is 4.26. The molecule has 0 saturated heterocycles. The Morgan fingerprint density at radius 2 is 2.13 bits per heavy atom. The monoisotopic (exact) mass is 271 g/mol. The lowest BCUT2D eigenvalue weighted by Gasteiger charge is -2.21. The number of fused-ring (bicyclic) bond motifs is 1. The van der Waals surface area contributed by atoms with E-state index in [0.717, 1.165) is 28.9 Å². The van der Waals surface area contributed by atoms with Crippen molar-refractivity contribution in [3.8, 4) is 11.5 Å². The lowest BCUT2D eigenvalue weighted by molar-refractivity contribution is 0.169. The highest BCUT2D eigenvalue weighted by molar-refractivity contribution is 9.10. The van der Waals surface area contributed by atoms with E-state index in [9.17, 15) is 0 Å². The first-order valence-electron chi connectivity index (χ1n) is 5.04. The molecule has 0 aliphatic carbocycles. The minimum atomic E-state index is 0.635. The lowest BCUT2D eigenvalue weighted by atomic mass is 10.1. The van der Waals surface area contributed by atoms with Crippen molar-refractivity contribution in [1.29, 1.82) is 0 Å². The van der Waals surface area contributed by atoms with Crippen LogP contribution in [0.1, 0.15) is 5.56 Å². The van der Waals surface area contributed by atoms with Crippen LogP contribution in [0.2, 0.25) is 0 Å². The van der Waals surface area contributed by atoms with Gasteiger partial charge in [-0.05, 0) is 32.1 Å². The molecule has 4 heteroatoms. The Labute approximate surface area is 97.9 Å². The summed E-state index contributed by atoms with van der Waals surface area (Å²) in [5, 5.41) is 3.13. The van der Waals surface area contributed by atoms with Gasteiger partial charge >= 0.3 is 0 Å². The first-order chi connectivity index (χ1) is 7.33. The molecule has 0 radical (unpaired) electrons. The molecule has 1 aromatic carbocycles. The number of rotatable bonds is 3. The Balaban J connectivity index is 2.32. The molecule has 3 nitrogen and oxygen atoms in total. The highest BCUT2D eigenvalue weighted by Crippen LogP contribution is 2.38. The molecule has 1 aliphatic rings. The summed E-state index contributed by atoms with van der Waals surface area (Å²) in [5.74, 6) is 1.75. The van der Waals surface area contributed by atoms with Gasteiger partial charge in [-0.1, -0.05) is 15.9 Å². The zero-order chi connectivity index (χ0) is 10.7. The fourth-order valence-corrected chi connectivity index (χ4v) is 2.14.